The maximum Gasteiger partial charge on any atom is 0.236 e. The summed E-state index contributed by atoms with van der Waals surface area (Å²) in [6.45, 7) is 7.94. The van der Waals surface area contributed by atoms with Crippen LogP contribution in [0.4, 0.5) is 5.82 Å². The Labute approximate surface area is 156 Å². The van der Waals surface area contributed by atoms with E-state index in [2.05, 4.69) is 20.1 Å². The standard InChI is InChI=1S/C16H25N5O.2ClH/c22-16(21-8-3-5-17-7-9-21)14-19-10-12-20(13-11-19)15-4-1-2-6-18-15;;/h1-2,4,6,17H,3,5,7-14H2;2*1H. The Balaban J connectivity index is 0.00000144. The number of amides is 1. The molecule has 1 aromatic rings. The van der Waals surface area contributed by atoms with Crippen LogP contribution in [-0.4, -0.2) is 79.6 Å². The largest absolute Gasteiger partial charge is 0.354 e. The van der Waals surface area contributed by atoms with Gasteiger partial charge in [-0.15, -0.1) is 24.8 Å². The van der Waals surface area contributed by atoms with Crippen LogP contribution >= 0.6 is 24.8 Å². The first-order valence-electron chi connectivity index (χ1n) is 8.20. The number of rotatable bonds is 3. The molecular weight excluding hydrogens is 349 g/mol. The van der Waals surface area contributed by atoms with Gasteiger partial charge in [0.25, 0.3) is 0 Å². The molecule has 0 aromatic carbocycles. The number of piperazine rings is 1. The minimum Gasteiger partial charge on any atom is -0.354 e. The van der Waals surface area contributed by atoms with E-state index < -0.39 is 0 Å². The van der Waals surface area contributed by atoms with Crippen molar-refractivity contribution in [1.82, 2.24) is 20.1 Å². The van der Waals surface area contributed by atoms with Gasteiger partial charge in [-0.05, 0) is 25.1 Å². The Bertz CT molecular complexity index is 475. The second kappa shape index (κ2) is 10.7. The van der Waals surface area contributed by atoms with Gasteiger partial charge in [0.15, 0.2) is 0 Å². The lowest BCUT2D eigenvalue weighted by Crippen LogP contribution is -2.50. The lowest BCUT2D eigenvalue weighted by atomic mass is 10.3. The van der Waals surface area contributed by atoms with Crippen molar-refractivity contribution in [2.24, 2.45) is 0 Å². The maximum absolute atomic E-state index is 12.4. The van der Waals surface area contributed by atoms with Gasteiger partial charge in [-0.2, -0.15) is 0 Å². The van der Waals surface area contributed by atoms with Crippen LogP contribution in [0.2, 0.25) is 0 Å². The number of hydrogen-bond donors (Lipinski definition) is 1. The first kappa shape index (κ1) is 21.0. The van der Waals surface area contributed by atoms with Gasteiger partial charge in [-0.25, -0.2) is 4.98 Å². The van der Waals surface area contributed by atoms with Crippen molar-refractivity contribution < 1.29 is 4.79 Å². The van der Waals surface area contributed by atoms with Gasteiger partial charge in [0.05, 0.1) is 6.54 Å². The topological polar surface area (TPSA) is 51.7 Å². The third-order valence-electron chi connectivity index (χ3n) is 4.40. The van der Waals surface area contributed by atoms with Crippen LogP contribution in [0, 0.1) is 0 Å². The number of nitrogens with one attached hydrogen (secondary N) is 1. The van der Waals surface area contributed by atoms with Gasteiger partial charge in [0.1, 0.15) is 5.82 Å². The average Bonchev–Trinajstić information content (AvgIpc) is 2.86. The summed E-state index contributed by atoms with van der Waals surface area (Å²) in [6, 6.07) is 6.01. The molecule has 2 saturated heterocycles. The van der Waals surface area contributed by atoms with Crippen molar-refractivity contribution in [3.8, 4) is 0 Å². The van der Waals surface area contributed by atoms with Crippen LogP contribution in [0.5, 0.6) is 0 Å². The van der Waals surface area contributed by atoms with E-state index >= 15 is 0 Å². The highest BCUT2D eigenvalue weighted by molar-refractivity contribution is 5.85. The van der Waals surface area contributed by atoms with Crippen molar-refractivity contribution in [2.75, 3.05) is 63.8 Å². The lowest BCUT2D eigenvalue weighted by molar-refractivity contribution is -0.132. The molecule has 3 heterocycles. The number of anilines is 1. The molecule has 0 aliphatic carbocycles. The van der Waals surface area contributed by atoms with E-state index in [-0.39, 0.29) is 30.7 Å². The van der Waals surface area contributed by atoms with Crippen molar-refractivity contribution >= 4 is 36.5 Å². The normalized spacial score (nSPS) is 19.0. The second-order valence-corrected chi connectivity index (χ2v) is 5.94. The second-order valence-electron chi connectivity index (χ2n) is 5.94. The monoisotopic (exact) mass is 375 g/mol. The molecule has 1 N–H and O–H groups in total. The third kappa shape index (κ3) is 5.77. The number of nitrogens with zero attached hydrogens (tertiary/aromatic N) is 4. The zero-order valence-corrected chi connectivity index (χ0v) is 15.5. The molecule has 1 aromatic heterocycles. The molecule has 0 unspecified atom stereocenters. The average molecular weight is 376 g/mol. The van der Waals surface area contributed by atoms with Crippen molar-refractivity contribution in [3.63, 3.8) is 0 Å². The summed E-state index contributed by atoms with van der Waals surface area (Å²) in [5.41, 5.74) is 0. The Morgan fingerprint density at radius 1 is 1.04 bits per heavy atom. The fourth-order valence-electron chi connectivity index (χ4n) is 3.06. The Morgan fingerprint density at radius 3 is 2.54 bits per heavy atom. The molecule has 0 radical (unpaired) electrons. The lowest BCUT2D eigenvalue weighted by Gasteiger charge is -2.35. The molecule has 0 saturated carbocycles. The molecule has 3 rings (SSSR count). The molecule has 2 aliphatic heterocycles. The third-order valence-corrected chi connectivity index (χ3v) is 4.40. The van der Waals surface area contributed by atoms with Gasteiger partial charge >= 0.3 is 0 Å². The zero-order valence-electron chi connectivity index (χ0n) is 13.9. The van der Waals surface area contributed by atoms with E-state index in [9.17, 15) is 4.79 Å². The first-order chi connectivity index (χ1) is 10.8. The first-order valence-corrected chi connectivity index (χ1v) is 8.20. The quantitative estimate of drug-likeness (QED) is 0.849. The Kier molecular flexibility index (Phi) is 9.36. The Hall–Kier alpha value is -1.08. The van der Waals surface area contributed by atoms with Crippen LogP contribution < -0.4 is 10.2 Å². The van der Waals surface area contributed by atoms with E-state index in [0.717, 1.165) is 64.6 Å². The summed E-state index contributed by atoms with van der Waals surface area (Å²) < 4.78 is 0. The predicted octanol–water partition coefficient (Wildman–Crippen LogP) is 0.869. The van der Waals surface area contributed by atoms with Crippen LogP contribution in [0.15, 0.2) is 24.4 Å². The van der Waals surface area contributed by atoms with Crippen molar-refractivity contribution in [1.29, 1.82) is 0 Å². The highest BCUT2D eigenvalue weighted by Gasteiger charge is 2.22. The molecule has 136 valence electrons. The predicted molar refractivity (Wildman–Crippen MR) is 101 cm³/mol. The van der Waals surface area contributed by atoms with Crippen LogP contribution in [0.25, 0.3) is 0 Å². The van der Waals surface area contributed by atoms with Gasteiger partial charge in [0.2, 0.25) is 5.91 Å². The Morgan fingerprint density at radius 2 is 1.83 bits per heavy atom. The van der Waals surface area contributed by atoms with E-state index in [1.807, 2.05) is 29.3 Å². The molecule has 0 spiro atoms. The summed E-state index contributed by atoms with van der Waals surface area (Å²) in [7, 11) is 0. The number of carbonyl (C=O) groups excluding carboxylic acids is 1. The number of carbonyl (C=O) groups is 1. The van der Waals surface area contributed by atoms with Gasteiger partial charge in [0, 0.05) is 52.0 Å². The number of halogens is 2. The fourth-order valence-corrected chi connectivity index (χ4v) is 3.06. The van der Waals surface area contributed by atoms with Crippen molar-refractivity contribution in [3.05, 3.63) is 24.4 Å². The number of pyridine rings is 1. The van der Waals surface area contributed by atoms with Crippen molar-refractivity contribution in [2.45, 2.75) is 6.42 Å². The van der Waals surface area contributed by atoms with Gasteiger partial charge in [-0.3, -0.25) is 9.69 Å². The number of aromatic nitrogens is 1. The minimum atomic E-state index is 0. The summed E-state index contributed by atoms with van der Waals surface area (Å²) in [4.78, 5) is 23.4. The molecule has 24 heavy (non-hydrogen) atoms. The minimum absolute atomic E-state index is 0. The highest BCUT2D eigenvalue weighted by atomic mass is 35.5. The molecule has 2 aliphatic rings. The van der Waals surface area contributed by atoms with E-state index in [0.29, 0.717) is 6.54 Å². The highest BCUT2D eigenvalue weighted by Crippen LogP contribution is 2.12. The van der Waals surface area contributed by atoms with Crippen LogP contribution in [-0.2, 0) is 4.79 Å². The van der Waals surface area contributed by atoms with Crippen LogP contribution in [0.3, 0.4) is 0 Å². The summed E-state index contributed by atoms with van der Waals surface area (Å²) >= 11 is 0. The molecule has 1 amide bonds. The molecular formula is C16H27Cl2N5O. The molecule has 2 fully saturated rings. The summed E-state index contributed by atoms with van der Waals surface area (Å²) in [5, 5.41) is 3.34. The smallest absolute Gasteiger partial charge is 0.236 e. The summed E-state index contributed by atoms with van der Waals surface area (Å²) in [6.07, 6.45) is 2.89. The van der Waals surface area contributed by atoms with Gasteiger partial charge in [-0.1, -0.05) is 6.07 Å². The molecule has 6 nitrogen and oxygen atoms in total. The van der Waals surface area contributed by atoms with E-state index in [1.165, 1.54) is 0 Å². The zero-order chi connectivity index (χ0) is 15.2. The SMILES string of the molecule is Cl.Cl.O=C(CN1CCN(c2ccccn2)CC1)N1CCCNCC1. The van der Waals surface area contributed by atoms with E-state index in [4.69, 9.17) is 0 Å². The summed E-state index contributed by atoms with van der Waals surface area (Å²) in [5.74, 6) is 1.31. The van der Waals surface area contributed by atoms with Gasteiger partial charge < -0.3 is 15.1 Å². The van der Waals surface area contributed by atoms with E-state index in [1.54, 1.807) is 0 Å². The van der Waals surface area contributed by atoms with Crippen LogP contribution in [0.1, 0.15) is 6.42 Å². The molecule has 8 heteroatoms. The maximum atomic E-state index is 12.4. The molecule has 0 bridgehead atoms. The molecule has 0 atom stereocenters. The number of hydrogen-bond acceptors (Lipinski definition) is 5. The fraction of sp³-hybridized carbons (Fsp3) is 0.625.